The quantitative estimate of drug-likeness (QED) is 0.691. The van der Waals surface area contributed by atoms with Crippen LogP contribution in [0.4, 0.5) is 11.6 Å². The van der Waals surface area contributed by atoms with E-state index in [1.807, 2.05) is 11.0 Å². The number of nitriles is 1. The molecule has 4 heterocycles. The zero-order chi connectivity index (χ0) is 19.0. The molecule has 4 rings (SSSR count). The second kappa shape index (κ2) is 6.69. The molecule has 1 aliphatic heterocycles. The number of aromatic nitrogens is 5. The molecule has 3 aromatic heterocycles. The number of aryl methyl sites for hydroxylation is 1. The molecule has 1 aliphatic rings. The Kier molecular flexibility index (Phi) is 4.21. The molecule has 3 N–H and O–H groups in total. The van der Waals surface area contributed by atoms with Crippen molar-refractivity contribution in [3.05, 3.63) is 35.9 Å². The summed E-state index contributed by atoms with van der Waals surface area (Å²) in [6.45, 7) is 1.53. The summed E-state index contributed by atoms with van der Waals surface area (Å²) in [5.74, 6) is 0.168. The Morgan fingerprint density at radius 1 is 1.41 bits per heavy atom. The first-order valence-electron chi connectivity index (χ1n) is 8.65. The van der Waals surface area contributed by atoms with Crippen LogP contribution in [0, 0.1) is 11.3 Å². The first kappa shape index (κ1) is 17.0. The van der Waals surface area contributed by atoms with Gasteiger partial charge in [-0.05, 0) is 25.0 Å². The fraction of sp³-hybridized carbons (Fsp3) is 0.353. The van der Waals surface area contributed by atoms with E-state index in [-0.39, 0.29) is 17.6 Å². The molecule has 138 valence electrons. The van der Waals surface area contributed by atoms with Gasteiger partial charge in [0.25, 0.3) is 5.91 Å². The SMILES string of the molecule is Cn1cc(NC(=O)c2ccc3cnc(N4CCC[C@H](N)C4)nn23)c(C#N)n1. The van der Waals surface area contributed by atoms with Gasteiger partial charge in [0.1, 0.15) is 11.8 Å². The minimum Gasteiger partial charge on any atom is -0.338 e. The largest absolute Gasteiger partial charge is 0.338 e. The van der Waals surface area contributed by atoms with Gasteiger partial charge in [-0.2, -0.15) is 10.4 Å². The molecule has 0 saturated carbocycles. The van der Waals surface area contributed by atoms with Crippen molar-refractivity contribution in [2.75, 3.05) is 23.3 Å². The molecule has 27 heavy (non-hydrogen) atoms. The number of nitrogens with two attached hydrogens (primary N) is 1. The number of piperidine rings is 1. The number of amides is 1. The molecule has 0 aliphatic carbocycles. The molecule has 0 radical (unpaired) electrons. The van der Waals surface area contributed by atoms with Crippen LogP contribution < -0.4 is 16.0 Å². The van der Waals surface area contributed by atoms with Crippen LogP contribution in [0.25, 0.3) is 5.52 Å². The monoisotopic (exact) mass is 365 g/mol. The highest BCUT2D eigenvalue weighted by molar-refractivity contribution is 6.04. The van der Waals surface area contributed by atoms with Crippen LogP contribution in [0.3, 0.4) is 0 Å². The fourth-order valence-electron chi connectivity index (χ4n) is 3.25. The van der Waals surface area contributed by atoms with E-state index in [9.17, 15) is 4.79 Å². The van der Waals surface area contributed by atoms with Crippen LogP contribution in [0.5, 0.6) is 0 Å². The Bertz CT molecular complexity index is 1040. The first-order chi connectivity index (χ1) is 13.0. The highest BCUT2D eigenvalue weighted by Crippen LogP contribution is 2.18. The molecule has 0 spiro atoms. The second-order valence-electron chi connectivity index (χ2n) is 6.59. The Hall–Kier alpha value is -3.45. The number of carbonyl (C=O) groups excluding carboxylic acids is 1. The van der Waals surface area contributed by atoms with Crippen LogP contribution in [-0.4, -0.2) is 49.4 Å². The first-order valence-corrected chi connectivity index (χ1v) is 8.65. The lowest BCUT2D eigenvalue weighted by atomic mass is 10.1. The lowest BCUT2D eigenvalue weighted by molar-refractivity contribution is 0.102. The van der Waals surface area contributed by atoms with E-state index in [2.05, 4.69) is 20.5 Å². The summed E-state index contributed by atoms with van der Waals surface area (Å²) in [4.78, 5) is 19.2. The zero-order valence-corrected chi connectivity index (χ0v) is 14.8. The predicted octanol–water partition coefficient (Wildman–Crippen LogP) is 0.514. The van der Waals surface area contributed by atoms with Crippen molar-refractivity contribution in [2.45, 2.75) is 18.9 Å². The van der Waals surface area contributed by atoms with Crippen molar-refractivity contribution in [3.8, 4) is 6.07 Å². The Morgan fingerprint density at radius 2 is 2.26 bits per heavy atom. The third-order valence-corrected chi connectivity index (χ3v) is 4.54. The van der Waals surface area contributed by atoms with Gasteiger partial charge in [0.05, 0.1) is 17.4 Å². The minimum absolute atomic E-state index is 0.0976. The maximum Gasteiger partial charge on any atom is 0.274 e. The summed E-state index contributed by atoms with van der Waals surface area (Å²) >= 11 is 0. The maximum atomic E-state index is 12.7. The molecule has 1 atom stereocenters. The molecule has 10 heteroatoms. The summed E-state index contributed by atoms with van der Waals surface area (Å²) in [5, 5.41) is 20.4. The van der Waals surface area contributed by atoms with Crippen LogP contribution in [-0.2, 0) is 7.05 Å². The van der Waals surface area contributed by atoms with E-state index >= 15 is 0 Å². The Morgan fingerprint density at radius 3 is 3.04 bits per heavy atom. The molecule has 1 amide bonds. The van der Waals surface area contributed by atoms with Crippen LogP contribution in [0.2, 0.25) is 0 Å². The van der Waals surface area contributed by atoms with Crippen molar-refractivity contribution < 1.29 is 4.79 Å². The van der Waals surface area contributed by atoms with E-state index in [0.29, 0.717) is 29.4 Å². The van der Waals surface area contributed by atoms with Crippen LogP contribution >= 0.6 is 0 Å². The van der Waals surface area contributed by atoms with Crippen molar-refractivity contribution >= 4 is 23.1 Å². The van der Waals surface area contributed by atoms with Gasteiger partial charge in [-0.15, -0.1) is 5.10 Å². The topological polar surface area (TPSA) is 130 Å². The van der Waals surface area contributed by atoms with Gasteiger partial charge in [0.15, 0.2) is 5.69 Å². The third kappa shape index (κ3) is 3.20. The summed E-state index contributed by atoms with van der Waals surface area (Å²) in [6.07, 6.45) is 5.24. The summed E-state index contributed by atoms with van der Waals surface area (Å²) in [6, 6.07) is 5.51. The average Bonchev–Trinajstić information content (AvgIpc) is 3.24. The smallest absolute Gasteiger partial charge is 0.274 e. The number of hydrogen-bond donors (Lipinski definition) is 2. The molecular weight excluding hydrogens is 346 g/mol. The lowest BCUT2D eigenvalue weighted by Crippen LogP contribution is -2.43. The summed E-state index contributed by atoms with van der Waals surface area (Å²) < 4.78 is 3.03. The highest BCUT2D eigenvalue weighted by atomic mass is 16.2. The van der Waals surface area contributed by atoms with Crippen molar-refractivity contribution in [1.82, 2.24) is 24.4 Å². The van der Waals surface area contributed by atoms with E-state index in [4.69, 9.17) is 11.0 Å². The average molecular weight is 365 g/mol. The second-order valence-corrected chi connectivity index (χ2v) is 6.59. The van der Waals surface area contributed by atoms with Gasteiger partial charge >= 0.3 is 0 Å². The number of carbonyl (C=O) groups is 1. The maximum absolute atomic E-state index is 12.7. The van der Waals surface area contributed by atoms with Gasteiger partial charge < -0.3 is 16.0 Å². The Labute approximate surface area is 155 Å². The fourth-order valence-corrected chi connectivity index (χ4v) is 3.25. The van der Waals surface area contributed by atoms with Crippen LogP contribution in [0.15, 0.2) is 24.5 Å². The predicted molar refractivity (Wildman–Crippen MR) is 98.3 cm³/mol. The lowest BCUT2D eigenvalue weighted by Gasteiger charge is -2.30. The number of nitrogens with zero attached hydrogens (tertiary/aromatic N) is 7. The zero-order valence-electron chi connectivity index (χ0n) is 14.8. The standard InChI is InChI=1S/C17H19N9O/c1-24-10-14(13(7-18)22-24)21-16(27)15-5-4-12-8-20-17(23-26(12)15)25-6-2-3-11(19)9-25/h4-5,8,10-11H,2-3,6,9,19H2,1H3,(H,21,27)/t11-/m0/s1. The molecule has 1 saturated heterocycles. The minimum atomic E-state index is -0.375. The molecule has 0 unspecified atom stereocenters. The summed E-state index contributed by atoms with van der Waals surface area (Å²) in [5.41, 5.74) is 7.62. The summed E-state index contributed by atoms with van der Waals surface area (Å²) in [7, 11) is 1.69. The van der Waals surface area contributed by atoms with Crippen molar-refractivity contribution in [1.29, 1.82) is 5.26 Å². The van der Waals surface area contributed by atoms with Gasteiger partial charge in [0, 0.05) is 32.4 Å². The molecule has 3 aromatic rings. The van der Waals surface area contributed by atoms with Gasteiger partial charge in [-0.1, -0.05) is 0 Å². The number of hydrogen-bond acceptors (Lipinski definition) is 7. The Balaban J connectivity index is 1.64. The molecule has 0 aromatic carbocycles. The van der Waals surface area contributed by atoms with Gasteiger partial charge in [-0.3, -0.25) is 9.48 Å². The number of nitrogens with one attached hydrogen (secondary N) is 1. The van der Waals surface area contributed by atoms with E-state index < -0.39 is 0 Å². The molecule has 1 fully saturated rings. The van der Waals surface area contributed by atoms with Crippen molar-refractivity contribution in [2.24, 2.45) is 12.8 Å². The van der Waals surface area contributed by atoms with E-state index in [1.54, 1.807) is 36.1 Å². The van der Waals surface area contributed by atoms with E-state index in [1.165, 1.54) is 4.68 Å². The molecule has 0 bridgehead atoms. The van der Waals surface area contributed by atoms with Crippen molar-refractivity contribution in [3.63, 3.8) is 0 Å². The van der Waals surface area contributed by atoms with Crippen LogP contribution in [0.1, 0.15) is 29.0 Å². The van der Waals surface area contributed by atoms with Gasteiger partial charge in [0.2, 0.25) is 5.95 Å². The normalized spacial score (nSPS) is 17.1. The number of rotatable bonds is 3. The highest BCUT2D eigenvalue weighted by Gasteiger charge is 2.21. The van der Waals surface area contributed by atoms with E-state index in [0.717, 1.165) is 19.4 Å². The number of fused-ring (bicyclic) bond motifs is 1. The molecule has 10 nitrogen and oxygen atoms in total. The third-order valence-electron chi connectivity index (χ3n) is 4.54. The molecular formula is C17H19N9O. The number of anilines is 2. The van der Waals surface area contributed by atoms with Gasteiger partial charge in [-0.25, -0.2) is 9.50 Å².